The largest absolute Gasteiger partial charge is 0.460 e. The average Bonchev–Trinajstić information content (AvgIpc) is 2.85. The Morgan fingerprint density at radius 3 is 2.45 bits per heavy atom. The summed E-state index contributed by atoms with van der Waals surface area (Å²) in [5.41, 5.74) is 3.80. The number of carbonyl (C=O) groups excluding carboxylic acids is 2. The van der Waals surface area contributed by atoms with E-state index in [4.69, 9.17) is 4.74 Å². The van der Waals surface area contributed by atoms with Crippen LogP contribution < -0.4 is 0 Å². The summed E-state index contributed by atoms with van der Waals surface area (Å²) in [7, 11) is 0. The van der Waals surface area contributed by atoms with E-state index < -0.39 is 10.9 Å². The second-order valence-corrected chi connectivity index (χ2v) is 8.61. The van der Waals surface area contributed by atoms with Gasteiger partial charge >= 0.3 is 5.97 Å². The highest BCUT2D eigenvalue weighted by atomic mass is 32.2. The fourth-order valence-corrected chi connectivity index (χ4v) is 4.93. The van der Waals surface area contributed by atoms with Gasteiger partial charge in [0.15, 0.2) is 5.78 Å². The number of fused-ring (bicyclic) bond motifs is 2. The molecule has 4 aromatic carbocycles. The third-order valence-corrected chi connectivity index (χ3v) is 6.62. The van der Waals surface area contributed by atoms with Crippen molar-refractivity contribution in [1.29, 1.82) is 0 Å². The fraction of sp³-hybridized carbons (Fsp3) is 0.0769. The molecule has 0 radical (unpaired) electrons. The zero-order chi connectivity index (χ0) is 22.9. The van der Waals surface area contributed by atoms with E-state index in [1.807, 2.05) is 54.6 Å². The van der Waals surface area contributed by atoms with Crippen LogP contribution in [-0.2, 0) is 16.1 Å². The molecular weight excluding hydrogens is 438 g/mol. The van der Waals surface area contributed by atoms with Gasteiger partial charge in [0.2, 0.25) is 0 Å². The molecule has 0 heterocycles. The number of nitro groups is 1. The predicted octanol–water partition coefficient (Wildman–Crippen LogP) is 5.79. The minimum atomic E-state index is -0.484. The van der Waals surface area contributed by atoms with Crippen molar-refractivity contribution in [2.24, 2.45) is 0 Å². The van der Waals surface area contributed by atoms with Gasteiger partial charge in [0, 0.05) is 33.5 Å². The second kappa shape index (κ2) is 8.52. The van der Waals surface area contributed by atoms with Crippen LogP contribution >= 0.6 is 11.8 Å². The Hall–Kier alpha value is -3.97. The van der Waals surface area contributed by atoms with E-state index in [1.165, 1.54) is 23.9 Å². The van der Waals surface area contributed by atoms with Crippen molar-refractivity contribution in [3.05, 3.63) is 106 Å². The molecule has 0 saturated heterocycles. The molecule has 1 aliphatic rings. The Bertz CT molecular complexity index is 1450. The SMILES string of the molecule is O=C(CSc1ccc2c3c(cccc13)C(=O)c1ccccc1-2)OCc1cccc([N+](=O)[O-])c1. The molecule has 5 rings (SSSR count). The van der Waals surface area contributed by atoms with Crippen molar-refractivity contribution in [2.45, 2.75) is 11.5 Å². The zero-order valence-corrected chi connectivity index (χ0v) is 18.1. The molecule has 0 atom stereocenters. The van der Waals surface area contributed by atoms with Gasteiger partial charge in [-0.3, -0.25) is 19.7 Å². The number of nitrogens with zero attached hydrogens (tertiary/aromatic N) is 1. The molecule has 0 amide bonds. The number of carbonyl (C=O) groups is 2. The van der Waals surface area contributed by atoms with E-state index in [2.05, 4.69) is 0 Å². The highest BCUT2D eigenvalue weighted by Gasteiger charge is 2.25. The average molecular weight is 455 g/mol. The maximum absolute atomic E-state index is 13.0. The van der Waals surface area contributed by atoms with Crippen molar-refractivity contribution in [3.63, 3.8) is 0 Å². The van der Waals surface area contributed by atoms with Gasteiger partial charge in [-0.1, -0.05) is 60.7 Å². The maximum Gasteiger partial charge on any atom is 0.316 e. The number of nitro benzene ring substituents is 1. The van der Waals surface area contributed by atoms with Gasteiger partial charge in [-0.15, -0.1) is 11.8 Å². The first kappa shape index (κ1) is 20.9. The lowest BCUT2D eigenvalue weighted by molar-refractivity contribution is -0.384. The standard InChI is InChI=1S/C26H17NO5S/c28-24(32-14-16-5-3-6-17(13-16)27(30)31)15-33-23-12-11-19-18-7-1-2-8-20(18)26(29)22-10-4-9-21(23)25(19)22/h1-13H,14-15H2. The fourth-order valence-electron chi connectivity index (χ4n) is 4.08. The van der Waals surface area contributed by atoms with Gasteiger partial charge in [-0.25, -0.2) is 0 Å². The van der Waals surface area contributed by atoms with E-state index in [1.54, 1.807) is 12.1 Å². The third kappa shape index (κ3) is 3.87. The molecule has 0 N–H and O–H groups in total. The summed E-state index contributed by atoms with van der Waals surface area (Å²) in [5, 5.41) is 12.7. The Morgan fingerprint density at radius 2 is 1.64 bits per heavy atom. The minimum absolute atomic E-state index is 0.00205. The van der Waals surface area contributed by atoms with E-state index >= 15 is 0 Å². The monoisotopic (exact) mass is 455 g/mol. The first-order valence-electron chi connectivity index (χ1n) is 10.2. The first-order chi connectivity index (χ1) is 16.0. The maximum atomic E-state index is 13.0. The topological polar surface area (TPSA) is 86.5 Å². The highest BCUT2D eigenvalue weighted by Crippen LogP contribution is 2.42. The van der Waals surface area contributed by atoms with E-state index in [0.29, 0.717) is 16.7 Å². The number of hydrogen-bond acceptors (Lipinski definition) is 6. The molecule has 1 aliphatic carbocycles. The number of thioether (sulfide) groups is 1. The van der Waals surface area contributed by atoms with E-state index in [9.17, 15) is 19.7 Å². The van der Waals surface area contributed by atoms with Crippen molar-refractivity contribution in [2.75, 3.05) is 5.75 Å². The van der Waals surface area contributed by atoms with Crippen LogP contribution in [0.4, 0.5) is 5.69 Å². The summed E-state index contributed by atoms with van der Waals surface area (Å²) in [6.07, 6.45) is 0. The van der Waals surface area contributed by atoms with Crippen LogP contribution in [0.15, 0.2) is 83.8 Å². The molecule has 0 fully saturated rings. The summed E-state index contributed by atoms with van der Waals surface area (Å²) in [6, 6.07) is 23.2. The Labute approximate surface area is 193 Å². The van der Waals surface area contributed by atoms with Crippen molar-refractivity contribution >= 4 is 40.0 Å². The summed E-state index contributed by atoms with van der Waals surface area (Å²) >= 11 is 1.34. The number of esters is 1. The molecule has 0 saturated carbocycles. The molecule has 6 nitrogen and oxygen atoms in total. The second-order valence-electron chi connectivity index (χ2n) is 7.59. The lowest BCUT2D eigenvalue weighted by Crippen LogP contribution is -2.10. The number of hydrogen-bond donors (Lipinski definition) is 0. The predicted molar refractivity (Wildman–Crippen MR) is 126 cm³/mol. The third-order valence-electron chi connectivity index (χ3n) is 5.57. The van der Waals surface area contributed by atoms with Crippen LogP contribution in [0, 0.1) is 10.1 Å². The van der Waals surface area contributed by atoms with Gasteiger partial charge in [0.25, 0.3) is 5.69 Å². The molecule has 0 spiro atoms. The van der Waals surface area contributed by atoms with Gasteiger partial charge in [0.05, 0.1) is 10.7 Å². The van der Waals surface area contributed by atoms with Crippen LogP contribution in [0.2, 0.25) is 0 Å². The lowest BCUT2D eigenvalue weighted by atomic mass is 9.83. The van der Waals surface area contributed by atoms with Crippen molar-refractivity contribution in [3.8, 4) is 11.1 Å². The number of non-ortho nitro benzene ring substituents is 1. The molecule has 0 unspecified atom stereocenters. The van der Waals surface area contributed by atoms with Gasteiger partial charge < -0.3 is 4.74 Å². The molecule has 0 aliphatic heterocycles. The summed E-state index contributed by atoms with van der Waals surface area (Å²) in [5.74, 6) is -0.339. The number of ketones is 1. The molecule has 0 aromatic heterocycles. The molecule has 33 heavy (non-hydrogen) atoms. The van der Waals surface area contributed by atoms with Gasteiger partial charge in [-0.2, -0.15) is 0 Å². The summed E-state index contributed by atoms with van der Waals surface area (Å²) in [6.45, 7) is -0.0316. The van der Waals surface area contributed by atoms with Crippen LogP contribution in [0.3, 0.4) is 0 Å². The van der Waals surface area contributed by atoms with Crippen molar-refractivity contribution < 1.29 is 19.2 Å². The Morgan fingerprint density at radius 1 is 0.879 bits per heavy atom. The van der Waals surface area contributed by atoms with Crippen LogP contribution in [0.25, 0.3) is 21.9 Å². The molecule has 7 heteroatoms. The summed E-state index contributed by atoms with van der Waals surface area (Å²) in [4.78, 5) is 36.7. The first-order valence-corrected chi connectivity index (χ1v) is 11.2. The summed E-state index contributed by atoms with van der Waals surface area (Å²) < 4.78 is 5.30. The Kier molecular flexibility index (Phi) is 5.40. The Balaban J connectivity index is 1.35. The van der Waals surface area contributed by atoms with Crippen LogP contribution in [0.1, 0.15) is 21.5 Å². The molecule has 0 bridgehead atoms. The molecule has 4 aromatic rings. The zero-order valence-electron chi connectivity index (χ0n) is 17.3. The van der Waals surface area contributed by atoms with E-state index in [-0.39, 0.29) is 23.8 Å². The number of ether oxygens (including phenoxy) is 1. The van der Waals surface area contributed by atoms with Crippen LogP contribution in [-0.4, -0.2) is 22.4 Å². The smallest absolute Gasteiger partial charge is 0.316 e. The minimum Gasteiger partial charge on any atom is -0.460 e. The molecular formula is C26H17NO5S. The van der Waals surface area contributed by atoms with Crippen LogP contribution in [0.5, 0.6) is 0 Å². The normalized spacial score (nSPS) is 11.8. The quantitative estimate of drug-likeness (QED) is 0.139. The highest BCUT2D eigenvalue weighted by molar-refractivity contribution is 8.00. The van der Waals surface area contributed by atoms with Gasteiger partial charge in [0.1, 0.15) is 6.61 Å². The van der Waals surface area contributed by atoms with Crippen molar-refractivity contribution in [1.82, 2.24) is 0 Å². The lowest BCUT2D eigenvalue weighted by Gasteiger charge is -2.21. The number of benzene rings is 4. The number of rotatable bonds is 6. The van der Waals surface area contributed by atoms with E-state index in [0.717, 1.165) is 26.8 Å². The molecule has 162 valence electrons. The van der Waals surface area contributed by atoms with Gasteiger partial charge in [-0.05, 0) is 28.1 Å².